The van der Waals surface area contributed by atoms with Gasteiger partial charge in [-0.15, -0.1) is 0 Å². The van der Waals surface area contributed by atoms with Crippen LogP contribution in [0.2, 0.25) is 0 Å². The normalized spacial score (nSPS) is 11.7. The monoisotopic (exact) mass is 399 g/mol. The number of fused-ring (bicyclic) bond motifs is 1. The molecule has 29 heavy (non-hydrogen) atoms. The quantitative estimate of drug-likeness (QED) is 0.502. The van der Waals surface area contributed by atoms with Crippen LogP contribution in [0, 0.1) is 5.82 Å². The van der Waals surface area contributed by atoms with Gasteiger partial charge in [-0.2, -0.15) is 0 Å². The minimum atomic E-state index is -3.01. The number of imidazole rings is 1. The second-order valence-corrected chi connectivity index (χ2v) is 6.61. The largest absolute Gasteiger partial charge is 0.487 e. The molecule has 0 saturated carbocycles. The summed E-state index contributed by atoms with van der Waals surface area (Å²) in [5.74, 6) is -2.91. The lowest BCUT2D eigenvalue weighted by Crippen LogP contribution is -2.24. The summed E-state index contributed by atoms with van der Waals surface area (Å²) >= 11 is 0. The topological polar surface area (TPSA) is 48.5 Å². The van der Waals surface area contributed by atoms with Crippen molar-refractivity contribution in [3.8, 4) is 11.4 Å². The Morgan fingerprint density at radius 3 is 2.59 bits per heavy atom. The SMILES string of the molecule is CC(F)(F)c1cccc(-n2ccc3nc(COc4ccc(F)cc4)cn3c2=O)c1. The molecular formula is C21H16F3N3O2. The van der Waals surface area contributed by atoms with Crippen molar-refractivity contribution in [1.29, 1.82) is 0 Å². The number of aromatic nitrogens is 3. The number of ether oxygens (including phenoxy) is 1. The highest BCUT2D eigenvalue weighted by Gasteiger charge is 2.24. The highest BCUT2D eigenvalue weighted by molar-refractivity contribution is 5.42. The van der Waals surface area contributed by atoms with Gasteiger partial charge in [-0.05, 0) is 42.5 Å². The lowest BCUT2D eigenvalue weighted by molar-refractivity contribution is 0.0174. The van der Waals surface area contributed by atoms with Crippen LogP contribution in [0.5, 0.6) is 5.75 Å². The molecule has 0 fully saturated rings. The third-order valence-electron chi connectivity index (χ3n) is 4.40. The second-order valence-electron chi connectivity index (χ2n) is 6.61. The van der Waals surface area contributed by atoms with Gasteiger partial charge in [0.1, 0.15) is 23.8 Å². The van der Waals surface area contributed by atoms with Crippen LogP contribution >= 0.6 is 0 Å². The first-order valence-electron chi connectivity index (χ1n) is 8.78. The predicted octanol–water partition coefficient (Wildman–Crippen LogP) is 4.32. The van der Waals surface area contributed by atoms with Gasteiger partial charge in [0.25, 0.3) is 5.92 Å². The number of rotatable bonds is 5. The van der Waals surface area contributed by atoms with Crippen LogP contribution in [0.1, 0.15) is 18.2 Å². The smallest absolute Gasteiger partial charge is 0.338 e. The molecule has 0 unspecified atom stereocenters. The molecule has 0 bridgehead atoms. The molecule has 0 N–H and O–H groups in total. The van der Waals surface area contributed by atoms with Crippen LogP contribution in [-0.4, -0.2) is 14.0 Å². The van der Waals surface area contributed by atoms with E-state index in [4.69, 9.17) is 4.74 Å². The van der Waals surface area contributed by atoms with Crippen LogP contribution in [0.25, 0.3) is 11.3 Å². The van der Waals surface area contributed by atoms with E-state index < -0.39 is 11.6 Å². The summed E-state index contributed by atoms with van der Waals surface area (Å²) in [5, 5.41) is 0. The highest BCUT2D eigenvalue weighted by atomic mass is 19.3. The van der Waals surface area contributed by atoms with Crippen molar-refractivity contribution in [2.24, 2.45) is 0 Å². The molecule has 2 aromatic heterocycles. The van der Waals surface area contributed by atoms with Crippen LogP contribution < -0.4 is 10.4 Å². The molecule has 0 atom stereocenters. The molecule has 0 spiro atoms. The van der Waals surface area contributed by atoms with Crippen LogP contribution in [0.3, 0.4) is 0 Å². The number of hydrogen-bond donors (Lipinski definition) is 0. The fourth-order valence-corrected chi connectivity index (χ4v) is 2.92. The summed E-state index contributed by atoms with van der Waals surface area (Å²) in [4.78, 5) is 17.2. The molecule has 4 rings (SSSR count). The lowest BCUT2D eigenvalue weighted by atomic mass is 10.1. The van der Waals surface area contributed by atoms with E-state index in [1.807, 2.05) is 0 Å². The van der Waals surface area contributed by atoms with E-state index in [0.29, 0.717) is 22.8 Å². The van der Waals surface area contributed by atoms with Gasteiger partial charge < -0.3 is 4.74 Å². The number of hydrogen-bond acceptors (Lipinski definition) is 3. The molecular weight excluding hydrogens is 383 g/mol. The van der Waals surface area contributed by atoms with Crippen molar-refractivity contribution >= 4 is 5.65 Å². The zero-order chi connectivity index (χ0) is 20.6. The van der Waals surface area contributed by atoms with Gasteiger partial charge in [-0.3, -0.25) is 8.97 Å². The second kappa shape index (κ2) is 7.12. The van der Waals surface area contributed by atoms with Crippen molar-refractivity contribution in [2.75, 3.05) is 0 Å². The average molecular weight is 399 g/mol. The Morgan fingerprint density at radius 1 is 1.10 bits per heavy atom. The molecule has 8 heteroatoms. The van der Waals surface area contributed by atoms with Gasteiger partial charge in [-0.1, -0.05) is 12.1 Å². The van der Waals surface area contributed by atoms with Crippen LogP contribution in [0.15, 0.2) is 71.8 Å². The van der Waals surface area contributed by atoms with E-state index in [9.17, 15) is 18.0 Å². The van der Waals surface area contributed by atoms with Crippen molar-refractivity contribution in [2.45, 2.75) is 19.5 Å². The molecule has 0 saturated heterocycles. The summed E-state index contributed by atoms with van der Waals surface area (Å²) in [6.07, 6.45) is 3.01. The van der Waals surface area contributed by atoms with Crippen molar-refractivity contribution < 1.29 is 17.9 Å². The first-order chi connectivity index (χ1) is 13.8. The predicted molar refractivity (Wildman–Crippen MR) is 101 cm³/mol. The molecule has 0 aliphatic rings. The van der Waals surface area contributed by atoms with Gasteiger partial charge in [0, 0.05) is 24.9 Å². The minimum Gasteiger partial charge on any atom is -0.487 e. The Balaban J connectivity index is 1.64. The third kappa shape index (κ3) is 3.87. The van der Waals surface area contributed by atoms with E-state index in [2.05, 4.69) is 4.98 Å². The fraction of sp³-hybridized carbons (Fsp3) is 0.143. The van der Waals surface area contributed by atoms with Crippen molar-refractivity contribution in [3.63, 3.8) is 0 Å². The number of nitrogens with zero attached hydrogens (tertiary/aromatic N) is 3. The molecule has 2 heterocycles. The Kier molecular flexibility index (Phi) is 4.62. The molecule has 148 valence electrons. The highest BCUT2D eigenvalue weighted by Crippen LogP contribution is 2.28. The Hall–Kier alpha value is -3.55. The fourth-order valence-electron chi connectivity index (χ4n) is 2.92. The first kappa shape index (κ1) is 18.8. The molecule has 0 radical (unpaired) electrons. The zero-order valence-corrected chi connectivity index (χ0v) is 15.3. The maximum absolute atomic E-state index is 13.6. The molecule has 0 amide bonds. The number of halogens is 3. The summed E-state index contributed by atoms with van der Waals surface area (Å²) in [6, 6.07) is 12.8. The standard InChI is InChI=1S/C21H16F3N3O2/c1-21(23,24)14-3-2-4-17(11-14)26-10-9-19-25-16(12-27(19)20(26)28)13-29-18-7-5-15(22)6-8-18/h2-12H,13H2,1H3. The van der Waals surface area contributed by atoms with Crippen LogP contribution in [-0.2, 0) is 12.5 Å². The third-order valence-corrected chi connectivity index (χ3v) is 4.40. The van der Waals surface area contributed by atoms with E-state index in [1.54, 1.807) is 12.1 Å². The maximum atomic E-state index is 13.6. The molecule has 0 aliphatic heterocycles. The van der Waals surface area contributed by atoms with Gasteiger partial charge in [-0.25, -0.2) is 22.9 Å². The van der Waals surface area contributed by atoms with Crippen molar-refractivity contribution in [1.82, 2.24) is 14.0 Å². The molecule has 0 aliphatic carbocycles. The van der Waals surface area contributed by atoms with Gasteiger partial charge >= 0.3 is 5.69 Å². The van der Waals surface area contributed by atoms with E-state index in [1.165, 1.54) is 63.8 Å². The number of benzene rings is 2. The average Bonchev–Trinajstić information content (AvgIpc) is 3.11. The summed E-state index contributed by atoms with van der Waals surface area (Å²) in [6.45, 7) is 0.894. The minimum absolute atomic E-state index is 0.0876. The Labute approximate surface area is 163 Å². The van der Waals surface area contributed by atoms with Crippen molar-refractivity contribution in [3.05, 3.63) is 94.5 Å². The Morgan fingerprint density at radius 2 is 1.86 bits per heavy atom. The van der Waals surface area contributed by atoms with E-state index in [0.717, 1.165) is 6.92 Å². The number of alkyl halides is 2. The van der Waals surface area contributed by atoms with E-state index >= 15 is 0 Å². The summed E-state index contributed by atoms with van der Waals surface area (Å²) < 4.78 is 48.3. The Bertz CT molecular complexity index is 1220. The maximum Gasteiger partial charge on any atom is 0.338 e. The van der Waals surface area contributed by atoms with Crippen LogP contribution in [0.4, 0.5) is 13.2 Å². The van der Waals surface area contributed by atoms with E-state index in [-0.39, 0.29) is 18.0 Å². The molecule has 5 nitrogen and oxygen atoms in total. The summed E-state index contributed by atoms with van der Waals surface area (Å²) in [5.41, 5.74) is 0.605. The zero-order valence-electron chi connectivity index (χ0n) is 15.3. The van der Waals surface area contributed by atoms with Gasteiger partial charge in [0.2, 0.25) is 0 Å². The first-order valence-corrected chi connectivity index (χ1v) is 8.78. The molecule has 4 aromatic rings. The van der Waals surface area contributed by atoms with Gasteiger partial charge in [0.15, 0.2) is 0 Å². The molecule has 2 aromatic carbocycles. The summed E-state index contributed by atoms with van der Waals surface area (Å²) in [7, 11) is 0. The lowest BCUT2D eigenvalue weighted by Gasteiger charge is -2.13. The van der Waals surface area contributed by atoms with Gasteiger partial charge in [0.05, 0.1) is 11.4 Å².